The van der Waals surface area contributed by atoms with E-state index in [1.165, 1.54) is 22.9 Å². The summed E-state index contributed by atoms with van der Waals surface area (Å²) in [4.78, 5) is 5.69. The molecular weight excluding hydrogens is 210 g/mol. The molecule has 0 aliphatic carbocycles. The Labute approximate surface area is 103 Å². The van der Waals surface area contributed by atoms with Gasteiger partial charge in [-0.05, 0) is 45.2 Å². The molecule has 1 heterocycles. The molecule has 2 rings (SSSR count). The molecule has 0 aliphatic heterocycles. The van der Waals surface area contributed by atoms with E-state index in [0.29, 0.717) is 0 Å². The Kier molecular flexibility index (Phi) is 4.18. The first-order valence-corrected chi connectivity index (χ1v) is 6.19. The minimum Gasteiger partial charge on any atom is -0.361 e. The van der Waals surface area contributed by atoms with Gasteiger partial charge >= 0.3 is 0 Å². The number of nitrogens with one attached hydrogen (secondary N) is 2. The van der Waals surface area contributed by atoms with Crippen LogP contribution in [-0.2, 0) is 6.54 Å². The number of aromatic amines is 1. The molecule has 3 nitrogen and oxygen atoms in total. The lowest BCUT2D eigenvalue weighted by Gasteiger charge is -2.15. The maximum absolute atomic E-state index is 3.32. The van der Waals surface area contributed by atoms with Gasteiger partial charge in [0.2, 0.25) is 0 Å². The van der Waals surface area contributed by atoms with Gasteiger partial charge < -0.3 is 15.2 Å². The molecule has 2 N–H and O–H groups in total. The van der Waals surface area contributed by atoms with E-state index < -0.39 is 0 Å². The van der Waals surface area contributed by atoms with E-state index in [1.54, 1.807) is 0 Å². The topological polar surface area (TPSA) is 31.1 Å². The second-order valence-corrected chi connectivity index (χ2v) is 4.55. The number of rotatable bonds is 6. The predicted octanol–water partition coefficient (Wildman–Crippen LogP) is 2.21. The third kappa shape index (κ3) is 3.08. The predicted molar refractivity (Wildman–Crippen MR) is 73.2 cm³/mol. The van der Waals surface area contributed by atoms with E-state index >= 15 is 0 Å². The van der Waals surface area contributed by atoms with Gasteiger partial charge in [0.25, 0.3) is 0 Å². The molecule has 1 aromatic heterocycles. The van der Waals surface area contributed by atoms with Crippen molar-refractivity contribution >= 4 is 10.9 Å². The maximum atomic E-state index is 3.32. The summed E-state index contributed by atoms with van der Waals surface area (Å²) in [5.41, 5.74) is 2.61. The molecule has 0 amide bonds. The highest BCUT2D eigenvalue weighted by Gasteiger charge is 2.05. The van der Waals surface area contributed by atoms with Crippen molar-refractivity contribution in [3.8, 4) is 0 Å². The molecule has 0 unspecified atom stereocenters. The number of para-hydroxylation sites is 1. The Morgan fingerprint density at radius 1 is 1.29 bits per heavy atom. The summed E-state index contributed by atoms with van der Waals surface area (Å²) in [5.74, 6) is 0. The van der Waals surface area contributed by atoms with E-state index in [4.69, 9.17) is 0 Å². The Bertz CT molecular complexity index is 461. The lowest BCUT2D eigenvalue weighted by atomic mass is 10.1. The quantitative estimate of drug-likeness (QED) is 0.747. The first kappa shape index (κ1) is 12.1. The third-order valence-corrected chi connectivity index (χ3v) is 3.08. The average molecular weight is 231 g/mol. The van der Waals surface area contributed by atoms with Crippen LogP contribution in [0.1, 0.15) is 12.0 Å². The second kappa shape index (κ2) is 5.84. The zero-order valence-electron chi connectivity index (χ0n) is 10.7. The van der Waals surface area contributed by atoms with Crippen molar-refractivity contribution < 1.29 is 0 Å². The van der Waals surface area contributed by atoms with Crippen LogP contribution < -0.4 is 5.32 Å². The molecule has 0 bridgehead atoms. The Balaban J connectivity index is 1.98. The minimum atomic E-state index is 1.01. The molecule has 92 valence electrons. The molecule has 0 fully saturated rings. The fraction of sp³-hybridized carbons (Fsp3) is 0.429. The Morgan fingerprint density at radius 2 is 2.12 bits per heavy atom. The van der Waals surface area contributed by atoms with Crippen LogP contribution in [0.4, 0.5) is 0 Å². The standard InChI is InChI=1S/C14H21N3/c1-15-8-5-9-17(2)11-12-10-16-14-7-4-3-6-13(12)14/h3-4,6-7,10,15-16H,5,8-9,11H2,1-2H3. The molecule has 2 aromatic rings. The van der Waals surface area contributed by atoms with Gasteiger partial charge in [0.15, 0.2) is 0 Å². The van der Waals surface area contributed by atoms with Crippen molar-refractivity contribution in [3.63, 3.8) is 0 Å². The lowest BCUT2D eigenvalue weighted by Crippen LogP contribution is -2.22. The first-order chi connectivity index (χ1) is 8.31. The summed E-state index contributed by atoms with van der Waals surface area (Å²) in [7, 11) is 4.18. The zero-order chi connectivity index (χ0) is 12.1. The molecule has 0 atom stereocenters. The Hall–Kier alpha value is -1.32. The van der Waals surface area contributed by atoms with Gasteiger partial charge in [-0.25, -0.2) is 0 Å². The number of nitrogens with zero attached hydrogens (tertiary/aromatic N) is 1. The van der Waals surface area contributed by atoms with Gasteiger partial charge in [0, 0.05) is 23.6 Å². The van der Waals surface area contributed by atoms with Crippen molar-refractivity contribution in [2.24, 2.45) is 0 Å². The molecule has 0 saturated carbocycles. The van der Waals surface area contributed by atoms with Crippen molar-refractivity contribution in [2.45, 2.75) is 13.0 Å². The zero-order valence-corrected chi connectivity index (χ0v) is 10.7. The van der Waals surface area contributed by atoms with Crippen LogP contribution >= 0.6 is 0 Å². The maximum Gasteiger partial charge on any atom is 0.0457 e. The van der Waals surface area contributed by atoms with E-state index in [9.17, 15) is 0 Å². The van der Waals surface area contributed by atoms with Crippen LogP contribution in [0.15, 0.2) is 30.5 Å². The minimum absolute atomic E-state index is 1.01. The second-order valence-electron chi connectivity index (χ2n) is 4.55. The van der Waals surface area contributed by atoms with Gasteiger partial charge in [-0.3, -0.25) is 0 Å². The summed E-state index contributed by atoms with van der Waals surface area (Å²) in [6, 6.07) is 8.47. The highest BCUT2D eigenvalue weighted by atomic mass is 15.1. The summed E-state index contributed by atoms with van der Waals surface area (Å²) >= 11 is 0. The average Bonchev–Trinajstić information content (AvgIpc) is 2.73. The molecular formula is C14H21N3. The van der Waals surface area contributed by atoms with Crippen molar-refractivity contribution in [1.29, 1.82) is 0 Å². The number of hydrogen-bond acceptors (Lipinski definition) is 2. The van der Waals surface area contributed by atoms with Gasteiger partial charge in [-0.15, -0.1) is 0 Å². The summed E-state index contributed by atoms with van der Waals surface area (Å²) in [5, 5.41) is 4.52. The first-order valence-electron chi connectivity index (χ1n) is 6.19. The van der Waals surface area contributed by atoms with Crippen LogP contribution in [-0.4, -0.2) is 37.1 Å². The fourth-order valence-corrected chi connectivity index (χ4v) is 2.16. The van der Waals surface area contributed by atoms with Gasteiger partial charge in [-0.1, -0.05) is 18.2 Å². The molecule has 0 radical (unpaired) electrons. The highest BCUT2D eigenvalue weighted by Crippen LogP contribution is 2.18. The van der Waals surface area contributed by atoms with Crippen LogP contribution in [0.5, 0.6) is 0 Å². The van der Waals surface area contributed by atoms with Crippen molar-refractivity contribution in [3.05, 3.63) is 36.0 Å². The van der Waals surface area contributed by atoms with Crippen molar-refractivity contribution in [2.75, 3.05) is 27.2 Å². The summed E-state index contributed by atoms with van der Waals surface area (Å²) < 4.78 is 0. The summed E-state index contributed by atoms with van der Waals surface area (Å²) in [6.07, 6.45) is 3.31. The smallest absolute Gasteiger partial charge is 0.0457 e. The van der Waals surface area contributed by atoms with Crippen LogP contribution in [0.2, 0.25) is 0 Å². The number of fused-ring (bicyclic) bond motifs is 1. The fourth-order valence-electron chi connectivity index (χ4n) is 2.16. The molecule has 17 heavy (non-hydrogen) atoms. The largest absolute Gasteiger partial charge is 0.361 e. The SMILES string of the molecule is CNCCCN(C)Cc1c[nH]c2ccccc12. The molecule has 1 aromatic carbocycles. The van der Waals surface area contributed by atoms with Crippen LogP contribution in [0.3, 0.4) is 0 Å². The van der Waals surface area contributed by atoms with Crippen molar-refractivity contribution in [1.82, 2.24) is 15.2 Å². The molecule has 0 aliphatic rings. The normalized spacial score (nSPS) is 11.5. The van der Waals surface area contributed by atoms with Gasteiger partial charge in [0.1, 0.15) is 0 Å². The number of aromatic nitrogens is 1. The van der Waals surface area contributed by atoms with Gasteiger partial charge in [0.05, 0.1) is 0 Å². The summed E-state index contributed by atoms with van der Waals surface area (Å²) in [6.45, 7) is 3.21. The lowest BCUT2D eigenvalue weighted by molar-refractivity contribution is 0.322. The van der Waals surface area contributed by atoms with E-state index in [2.05, 4.69) is 52.7 Å². The van der Waals surface area contributed by atoms with Crippen LogP contribution in [0.25, 0.3) is 10.9 Å². The van der Waals surface area contributed by atoms with E-state index in [1.807, 2.05) is 7.05 Å². The molecule has 0 spiro atoms. The molecule has 0 saturated heterocycles. The van der Waals surface area contributed by atoms with E-state index in [-0.39, 0.29) is 0 Å². The number of benzene rings is 1. The Morgan fingerprint density at radius 3 is 2.94 bits per heavy atom. The third-order valence-electron chi connectivity index (χ3n) is 3.08. The number of H-pyrrole nitrogens is 1. The van der Waals surface area contributed by atoms with Crippen LogP contribution in [0, 0.1) is 0 Å². The monoisotopic (exact) mass is 231 g/mol. The molecule has 3 heteroatoms. The van der Waals surface area contributed by atoms with Gasteiger partial charge in [-0.2, -0.15) is 0 Å². The number of hydrogen-bond donors (Lipinski definition) is 2. The van der Waals surface area contributed by atoms with E-state index in [0.717, 1.165) is 19.6 Å². The highest BCUT2D eigenvalue weighted by molar-refractivity contribution is 5.82.